The third kappa shape index (κ3) is 5.08. The molecule has 0 bridgehead atoms. The molecule has 21 heavy (non-hydrogen) atoms. The van der Waals surface area contributed by atoms with E-state index >= 15 is 0 Å². The molecule has 1 heterocycles. The van der Waals surface area contributed by atoms with Gasteiger partial charge in [-0.05, 0) is 48.8 Å². The number of rotatable bonds is 7. The first-order chi connectivity index (χ1) is 10.1. The van der Waals surface area contributed by atoms with E-state index in [1.54, 1.807) is 6.20 Å². The summed E-state index contributed by atoms with van der Waals surface area (Å²) in [5.74, 6) is 0.810. The minimum atomic E-state index is -0.411. The van der Waals surface area contributed by atoms with Gasteiger partial charge in [-0.1, -0.05) is 32.1 Å². The summed E-state index contributed by atoms with van der Waals surface area (Å²) in [6.45, 7) is 1.74. The van der Waals surface area contributed by atoms with Crippen molar-refractivity contribution in [1.82, 2.24) is 14.7 Å². The van der Waals surface area contributed by atoms with Crippen molar-refractivity contribution in [2.45, 2.75) is 57.6 Å². The molecule has 1 saturated carbocycles. The largest absolute Gasteiger partial charge is 0.387 e. The van der Waals surface area contributed by atoms with Gasteiger partial charge in [-0.15, -0.1) is 0 Å². The summed E-state index contributed by atoms with van der Waals surface area (Å²) < 4.78 is 2.87. The first-order valence-corrected chi connectivity index (χ1v) is 8.91. The topological polar surface area (TPSA) is 41.3 Å². The number of hydrogen-bond acceptors (Lipinski definition) is 3. The first kappa shape index (κ1) is 17.0. The molecule has 5 heteroatoms. The Morgan fingerprint density at radius 1 is 1.38 bits per heavy atom. The third-order valence-corrected chi connectivity index (χ3v) is 5.09. The Kier molecular flexibility index (Phi) is 6.71. The molecular formula is C16H28BrN3O. The number of aliphatic hydroxyl groups is 1. The van der Waals surface area contributed by atoms with Crippen molar-refractivity contribution in [2.24, 2.45) is 5.92 Å². The maximum atomic E-state index is 10.6. The monoisotopic (exact) mass is 357 g/mol. The number of likely N-dealkylation sites (N-methyl/N-ethyl adjacent to an activating group) is 1. The number of halogens is 1. The Balaban J connectivity index is 1.91. The van der Waals surface area contributed by atoms with Gasteiger partial charge >= 0.3 is 0 Å². The number of aromatic nitrogens is 2. The van der Waals surface area contributed by atoms with Gasteiger partial charge in [0.05, 0.1) is 29.0 Å². The van der Waals surface area contributed by atoms with E-state index in [-0.39, 0.29) is 0 Å². The Morgan fingerprint density at radius 2 is 2.10 bits per heavy atom. The average molecular weight is 358 g/mol. The van der Waals surface area contributed by atoms with Crippen molar-refractivity contribution in [2.75, 3.05) is 20.6 Å². The molecule has 0 saturated heterocycles. The molecule has 2 rings (SSSR count). The second-order valence-electron chi connectivity index (χ2n) is 6.50. The third-order valence-electron chi connectivity index (χ3n) is 4.48. The Labute approximate surface area is 136 Å². The Morgan fingerprint density at radius 3 is 2.76 bits per heavy atom. The summed E-state index contributed by atoms with van der Waals surface area (Å²) in [7, 11) is 4.11. The van der Waals surface area contributed by atoms with Crippen LogP contribution < -0.4 is 0 Å². The van der Waals surface area contributed by atoms with Crippen molar-refractivity contribution >= 4 is 15.9 Å². The molecule has 0 spiro atoms. The second kappa shape index (κ2) is 8.30. The van der Waals surface area contributed by atoms with Crippen LogP contribution in [0.4, 0.5) is 0 Å². The fourth-order valence-corrected chi connectivity index (χ4v) is 3.74. The van der Waals surface area contributed by atoms with Crippen molar-refractivity contribution in [3.05, 3.63) is 16.4 Å². The maximum absolute atomic E-state index is 10.6. The predicted octanol–water partition coefficient (Wildman–Crippen LogP) is 3.60. The molecule has 0 radical (unpaired) electrons. The second-order valence-corrected chi connectivity index (χ2v) is 7.36. The molecule has 120 valence electrons. The molecule has 1 unspecified atom stereocenters. The highest BCUT2D eigenvalue weighted by Gasteiger charge is 2.20. The summed E-state index contributed by atoms with van der Waals surface area (Å²) in [4.78, 5) is 2.13. The van der Waals surface area contributed by atoms with E-state index in [0.29, 0.717) is 0 Å². The lowest BCUT2D eigenvalue weighted by Gasteiger charge is -2.23. The van der Waals surface area contributed by atoms with Crippen molar-refractivity contribution in [3.8, 4) is 0 Å². The van der Waals surface area contributed by atoms with Crippen LogP contribution in [0.3, 0.4) is 0 Å². The summed E-state index contributed by atoms with van der Waals surface area (Å²) in [6.07, 6.45) is 10.2. The molecule has 1 aromatic heterocycles. The zero-order chi connectivity index (χ0) is 15.2. The predicted molar refractivity (Wildman–Crippen MR) is 89.2 cm³/mol. The van der Waals surface area contributed by atoms with E-state index in [1.807, 2.05) is 4.68 Å². The van der Waals surface area contributed by atoms with E-state index < -0.39 is 6.10 Å². The van der Waals surface area contributed by atoms with Crippen molar-refractivity contribution in [1.29, 1.82) is 0 Å². The van der Waals surface area contributed by atoms with Gasteiger partial charge in [0.2, 0.25) is 0 Å². The van der Waals surface area contributed by atoms with E-state index in [9.17, 15) is 5.11 Å². The fraction of sp³-hybridized carbons (Fsp3) is 0.812. The number of nitrogens with zero attached hydrogens (tertiary/aromatic N) is 3. The molecule has 4 nitrogen and oxygen atoms in total. The summed E-state index contributed by atoms with van der Waals surface area (Å²) >= 11 is 3.53. The summed E-state index contributed by atoms with van der Waals surface area (Å²) in [5, 5.41) is 14.9. The molecule has 1 fully saturated rings. The van der Waals surface area contributed by atoms with Crippen LogP contribution in [-0.2, 0) is 6.54 Å². The lowest BCUT2D eigenvalue weighted by atomic mass is 9.85. The van der Waals surface area contributed by atoms with Crippen molar-refractivity contribution < 1.29 is 5.11 Å². The van der Waals surface area contributed by atoms with Crippen LogP contribution in [0.1, 0.15) is 56.7 Å². The average Bonchev–Trinajstić information content (AvgIpc) is 2.85. The highest BCUT2D eigenvalue weighted by molar-refractivity contribution is 9.10. The SMILES string of the molecule is CN(C)CCn1ncc(Br)c1C(O)CCC1CCCCC1. The number of hydrogen-bond donors (Lipinski definition) is 1. The van der Waals surface area contributed by atoms with Crippen LogP contribution in [-0.4, -0.2) is 40.4 Å². The van der Waals surface area contributed by atoms with E-state index in [1.165, 1.54) is 32.1 Å². The lowest BCUT2D eigenvalue weighted by Crippen LogP contribution is -2.21. The van der Waals surface area contributed by atoms with Gasteiger partial charge in [-0.2, -0.15) is 5.10 Å². The van der Waals surface area contributed by atoms with Gasteiger partial charge in [0, 0.05) is 6.54 Å². The molecule has 1 aliphatic carbocycles. The van der Waals surface area contributed by atoms with E-state index in [4.69, 9.17) is 0 Å². The summed E-state index contributed by atoms with van der Waals surface area (Å²) in [6, 6.07) is 0. The molecule has 0 amide bonds. The zero-order valence-corrected chi connectivity index (χ0v) is 14.8. The van der Waals surface area contributed by atoms with Gasteiger partial charge < -0.3 is 10.0 Å². The smallest absolute Gasteiger partial charge is 0.0968 e. The highest BCUT2D eigenvalue weighted by atomic mass is 79.9. The molecule has 0 aliphatic heterocycles. The van der Waals surface area contributed by atoms with Gasteiger partial charge in [-0.3, -0.25) is 4.68 Å². The van der Waals surface area contributed by atoms with Crippen LogP contribution in [0.2, 0.25) is 0 Å². The van der Waals surface area contributed by atoms with Crippen LogP contribution >= 0.6 is 15.9 Å². The minimum Gasteiger partial charge on any atom is -0.387 e. The van der Waals surface area contributed by atoms with Crippen LogP contribution in [0.15, 0.2) is 10.7 Å². The molecule has 1 atom stereocenters. The molecule has 1 aliphatic rings. The summed E-state index contributed by atoms with van der Waals surface area (Å²) in [5.41, 5.74) is 0.938. The first-order valence-electron chi connectivity index (χ1n) is 8.12. The van der Waals surface area contributed by atoms with Crippen LogP contribution in [0.5, 0.6) is 0 Å². The highest BCUT2D eigenvalue weighted by Crippen LogP contribution is 2.32. The molecule has 1 N–H and O–H groups in total. The van der Waals surface area contributed by atoms with Gasteiger partial charge in [0.15, 0.2) is 0 Å². The van der Waals surface area contributed by atoms with Gasteiger partial charge in [-0.25, -0.2) is 0 Å². The quantitative estimate of drug-likeness (QED) is 0.810. The normalized spacial score (nSPS) is 18.3. The lowest BCUT2D eigenvalue weighted by molar-refractivity contribution is 0.140. The van der Waals surface area contributed by atoms with Crippen molar-refractivity contribution in [3.63, 3.8) is 0 Å². The van der Waals surface area contributed by atoms with Gasteiger partial charge in [0.1, 0.15) is 0 Å². The molecule has 1 aromatic rings. The Bertz CT molecular complexity index is 427. The van der Waals surface area contributed by atoms with Gasteiger partial charge in [0.25, 0.3) is 0 Å². The van der Waals surface area contributed by atoms with Crippen LogP contribution in [0.25, 0.3) is 0 Å². The minimum absolute atomic E-state index is 0.411. The standard InChI is InChI=1S/C16H28BrN3O/c1-19(2)10-11-20-16(14(17)12-18-20)15(21)9-8-13-6-4-3-5-7-13/h12-13,15,21H,3-11H2,1-2H3. The molecule has 0 aromatic carbocycles. The number of aliphatic hydroxyl groups excluding tert-OH is 1. The zero-order valence-electron chi connectivity index (χ0n) is 13.3. The Hall–Kier alpha value is -0.390. The van der Waals surface area contributed by atoms with Crippen LogP contribution in [0, 0.1) is 5.92 Å². The molecular weight excluding hydrogens is 330 g/mol. The van der Waals surface area contributed by atoms with E-state index in [0.717, 1.165) is 42.0 Å². The maximum Gasteiger partial charge on any atom is 0.0968 e. The fourth-order valence-electron chi connectivity index (χ4n) is 3.18. The van der Waals surface area contributed by atoms with E-state index in [2.05, 4.69) is 40.0 Å².